The number of benzene rings is 1. The summed E-state index contributed by atoms with van der Waals surface area (Å²) in [6.07, 6.45) is 5.27. The quantitative estimate of drug-likeness (QED) is 0.606. The van der Waals surface area contributed by atoms with Crippen LogP contribution in [0.25, 0.3) is 0 Å². The molecule has 0 aliphatic rings. The van der Waals surface area contributed by atoms with Gasteiger partial charge in [-0.2, -0.15) is 0 Å². The van der Waals surface area contributed by atoms with E-state index < -0.39 is 0 Å². The van der Waals surface area contributed by atoms with Crippen LogP contribution < -0.4 is 10.1 Å². The Labute approximate surface area is 129 Å². The monoisotopic (exact) mass is 293 g/mol. The van der Waals surface area contributed by atoms with Gasteiger partial charge in [0.1, 0.15) is 5.75 Å². The maximum absolute atomic E-state index is 8.76. The summed E-state index contributed by atoms with van der Waals surface area (Å²) in [5.41, 5.74) is 2.47. The molecule has 1 rings (SSSR count). The summed E-state index contributed by atoms with van der Waals surface area (Å²) in [6.45, 7) is 8.54. The Kier molecular flexibility index (Phi) is 9.11. The van der Waals surface area contributed by atoms with Gasteiger partial charge in [0.05, 0.1) is 6.61 Å². The molecule has 3 heteroatoms. The van der Waals surface area contributed by atoms with Crippen LogP contribution in [-0.2, 0) is 0 Å². The van der Waals surface area contributed by atoms with Gasteiger partial charge in [-0.3, -0.25) is 0 Å². The van der Waals surface area contributed by atoms with Gasteiger partial charge in [0.15, 0.2) is 0 Å². The van der Waals surface area contributed by atoms with E-state index in [1.165, 1.54) is 11.1 Å². The van der Waals surface area contributed by atoms with Crippen molar-refractivity contribution in [2.24, 2.45) is 0 Å². The van der Waals surface area contributed by atoms with Crippen LogP contribution in [0.2, 0.25) is 0 Å². The third-order valence-electron chi connectivity index (χ3n) is 3.65. The molecule has 0 aromatic heterocycles. The molecule has 1 aromatic carbocycles. The summed E-state index contributed by atoms with van der Waals surface area (Å²) < 4.78 is 6.00. The van der Waals surface area contributed by atoms with Gasteiger partial charge in [-0.05, 0) is 57.7 Å². The van der Waals surface area contributed by atoms with Crippen LogP contribution in [0.15, 0.2) is 18.2 Å². The van der Waals surface area contributed by atoms with Gasteiger partial charge in [0.2, 0.25) is 0 Å². The molecule has 0 saturated carbocycles. The lowest BCUT2D eigenvalue weighted by Crippen LogP contribution is -2.20. The van der Waals surface area contributed by atoms with E-state index in [9.17, 15) is 0 Å². The highest BCUT2D eigenvalue weighted by atomic mass is 16.5. The average molecular weight is 293 g/mol. The highest BCUT2D eigenvalue weighted by Gasteiger charge is 2.11. The largest absolute Gasteiger partial charge is 0.493 e. The Bertz CT molecular complexity index is 393. The highest BCUT2D eigenvalue weighted by Crippen LogP contribution is 2.26. The SMILES string of the molecule is CCCNC(C)c1ccc(C)cc1OCCCCCCO. The van der Waals surface area contributed by atoms with E-state index in [0.29, 0.717) is 12.6 Å². The zero-order valence-corrected chi connectivity index (χ0v) is 13.8. The van der Waals surface area contributed by atoms with Gasteiger partial charge >= 0.3 is 0 Å². The second-order valence-corrected chi connectivity index (χ2v) is 5.70. The number of aliphatic hydroxyl groups is 1. The lowest BCUT2D eigenvalue weighted by atomic mass is 10.0. The first-order valence-electron chi connectivity index (χ1n) is 8.26. The summed E-state index contributed by atoms with van der Waals surface area (Å²) in [5.74, 6) is 1.01. The first-order chi connectivity index (χ1) is 10.2. The fraction of sp³-hybridized carbons (Fsp3) is 0.667. The summed E-state index contributed by atoms with van der Waals surface area (Å²) in [7, 11) is 0. The fourth-order valence-electron chi connectivity index (χ4n) is 2.34. The number of nitrogens with one attached hydrogen (secondary N) is 1. The van der Waals surface area contributed by atoms with E-state index in [1.807, 2.05) is 0 Å². The molecule has 0 radical (unpaired) electrons. The molecule has 1 aromatic rings. The molecule has 0 bridgehead atoms. The number of aryl methyl sites for hydroxylation is 1. The van der Waals surface area contributed by atoms with E-state index in [4.69, 9.17) is 9.84 Å². The Hall–Kier alpha value is -1.06. The topological polar surface area (TPSA) is 41.5 Å². The van der Waals surface area contributed by atoms with Crippen LogP contribution in [0.5, 0.6) is 5.75 Å². The molecule has 21 heavy (non-hydrogen) atoms. The highest BCUT2D eigenvalue weighted by molar-refractivity contribution is 5.39. The zero-order valence-electron chi connectivity index (χ0n) is 13.8. The predicted octanol–water partition coefficient (Wildman–Crippen LogP) is 3.99. The first-order valence-corrected chi connectivity index (χ1v) is 8.26. The van der Waals surface area contributed by atoms with E-state index in [2.05, 4.69) is 44.3 Å². The number of unbranched alkanes of at least 4 members (excludes halogenated alkanes) is 3. The Morgan fingerprint density at radius 2 is 1.95 bits per heavy atom. The molecule has 2 N–H and O–H groups in total. The van der Waals surface area contributed by atoms with Crippen LogP contribution in [0.1, 0.15) is 63.1 Å². The molecule has 0 aliphatic heterocycles. The van der Waals surface area contributed by atoms with Gasteiger partial charge in [-0.15, -0.1) is 0 Å². The van der Waals surface area contributed by atoms with Crippen molar-refractivity contribution in [2.75, 3.05) is 19.8 Å². The molecule has 0 fully saturated rings. The van der Waals surface area contributed by atoms with E-state index in [1.54, 1.807) is 0 Å². The smallest absolute Gasteiger partial charge is 0.124 e. The molecule has 120 valence electrons. The van der Waals surface area contributed by atoms with Crippen LogP contribution in [0, 0.1) is 6.92 Å². The number of aliphatic hydroxyl groups excluding tert-OH is 1. The van der Waals surface area contributed by atoms with Crippen molar-refractivity contribution < 1.29 is 9.84 Å². The third kappa shape index (κ3) is 6.96. The van der Waals surface area contributed by atoms with Crippen molar-refractivity contribution in [3.8, 4) is 5.75 Å². The molecule has 0 aliphatic carbocycles. The van der Waals surface area contributed by atoms with Crippen molar-refractivity contribution >= 4 is 0 Å². The van der Waals surface area contributed by atoms with Gasteiger partial charge in [0.25, 0.3) is 0 Å². The Morgan fingerprint density at radius 3 is 2.67 bits per heavy atom. The zero-order chi connectivity index (χ0) is 15.5. The van der Waals surface area contributed by atoms with Crippen molar-refractivity contribution in [3.63, 3.8) is 0 Å². The lowest BCUT2D eigenvalue weighted by Gasteiger charge is -2.19. The van der Waals surface area contributed by atoms with Gasteiger partial charge in [0, 0.05) is 18.2 Å². The molecular weight excluding hydrogens is 262 g/mol. The van der Waals surface area contributed by atoms with Crippen LogP contribution in [-0.4, -0.2) is 24.9 Å². The standard InChI is InChI=1S/C18H31NO2/c1-4-11-19-16(3)17-10-9-15(2)14-18(17)21-13-8-6-5-7-12-20/h9-10,14,16,19-20H,4-8,11-13H2,1-3H3. The number of hydrogen-bond acceptors (Lipinski definition) is 3. The van der Waals surface area contributed by atoms with Crippen molar-refractivity contribution in [2.45, 2.75) is 58.9 Å². The number of ether oxygens (including phenoxy) is 1. The van der Waals surface area contributed by atoms with Gasteiger partial charge in [-0.1, -0.05) is 25.5 Å². The molecule has 0 saturated heterocycles. The van der Waals surface area contributed by atoms with Crippen LogP contribution in [0.3, 0.4) is 0 Å². The Balaban J connectivity index is 2.52. The van der Waals surface area contributed by atoms with E-state index in [0.717, 1.165) is 51.0 Å². The minimum absolute atomic E-state index is 0.295. The minimum atomic E-state index is 0.295. The number of hydrogen-bond donors (Lipinski definition) is 2. The summed E-state index contributed by atoms with van der Waals surface area (Å²) in [4.78, 5) is 0. The first kappa shape index (κ1) is 18.0. The normalized spacial score (nSPS) is 12.4. The molecule has 3 nitrogen and oxygen atoms in total. The summed E-state index contributed by atoms with van der Waals surface area (Å²) in [5, 5.41) is 12.3. The molecule has 0 heterocycles. The van der Waals surface area contributed by atoms with Gasteiger partial charge < -0.3 is 15.2 Å². The van der Waals surface area contributed by atoms with Crippen LogP contribution in [0.4, 0.5) is 0 Å². The number of rotatable bonds is 11. The van der Waals surface area contributed by atoms with E-state index in [-0.39, 0.29) is 0 Å². The average Bonchev–Trinajstić information content (AvgIpc) is 2.48. The van der Waals surface area contributed by atoms with Crippen LogP contribution >= 0.6 is 0 Å². The Morgan fingerprint density at radius 1 is 1.19 bits per heavy atom. The summed E-state index contributed by atoms with van der Waals surface area (Å²) >= 11 is 0. The predicted molar refractivity (Wildman–Crippen MR) is 88.9 cm³/mol. The second-order valence-electron chi connectivity index (χ2n) is 5.70. The van der Waals surface area contributed by atoms with Crippen molar-refractivity contribution in [3.05, 3.63) is 29.3 Å². The second kappa shape index (κ2) is 10.6. The summed E-state index contributed by atoms with van der Waals surface area (Å²) in [6, 6.07) is 6.76. The fourth-order valence-corrected chi connectivity index (χ4v) is 2.34. The molecule has 0 amide bonds. The minimum Gasteiger partial charge on any atom is -0.493 e. The molecular formula is C18H31NO2. The van der Waals surface area contributed by atoms with Gasteiger partial charge in [-0.25, -0.2) is 0 Å². The van der Waals surface area contributed by atoms with Crippen molar-refractivity contribution in [1.29, 1.82) is 0 Å². The maximum atomic E-state index is 8.76. The molecule has 1 unspecified atom stereocenters. The lowest BCUT2D eigenvalue weighted by molar-refractivity contribution is 0.272. The molecule has 0 spiro atoms. The molecule has 1 atom stereocenters. The third-order valence-corrected chi connectivity index (χ3v) is 3.65. The maximum Gasteiger partial charge on any atom is 0.124 e. The van der Waals surface area contributed by atoms with E-state index >= 15 is 0 Å². The van der Waals surface area contributed by atoms with Crippen molar-refractivity contribution in [1.82, 2.24) is 5.32 Å².